The van der Waals surface area contributed by atoms with Crippen molar-refractivity contribution in [2.45, 2.75) is 38.2 Å². The smallest absolute Gasteiger partial charge is 0.356 e. The number of nitrogens with one attached hydrogen (secondary N) is 2. The zero-order valence-corrected chi connectivity index (χ0v) is 20.9. The Balaban J connectivity index is 1.67. The van der Waals surface area contributed by atoms with Crippen molar-refractivity contribution < 1.29 is 23.9 Å². The molecule has 0 aromatic heterocycles. The zero-order valence-electron chi connectivity index (χ0n) is 19.4. The van der Waals surface area contributed by atoms with E-state index in [1.54, 1.807) is 30.3 Å². The molecule has 0 radical (unpaired) electrons. The van der Waals surface area contributed by atoms with E-state index in [9.17, 15) is 19.2 Å². The predicted molar refractivity (Wildman–Crippen MR) is 130 cm³/mol. The third-order valence-electron chi connectivity index (χ3n) is 5.69. The highest BCUT2D eigenvalue weighted by Crippen LogP contribution is 2.41. The van der Waals surface area contributed by atoms with Gasteiger partial charge in [0.15, 0.2) is 0 Å². The summed E-state index contributed by atoms with van der Waals surface area (Å²) in [5.41, 5.74) is 0.623. The highest BCUT2D eigenvalue weighted by atomic mass is 35.5. The Morgan fingerprint density at radius 2 is 1.91 bits per heavy atom. The molecular formula is C23H29ClN4O5S. The average molecular weight is 509 g/mol. The lowest BCUT2D eigenvalue weighted by molar-refractivity contribution is -0.153. The van der Waals surface area contributed by atoms with Gasteiger partial charge in [-0.25, -0.2) is 4.79 Å². The molecule has 34 heavy (non-hydrogen) atoms. The second-order valence-corrected chi connectivity index (χ2v) is 9.42. The summed E-state index contributed by atoms with van der Waals surface area (Å²) in [7, 11) is 0. The minimum absolute atomic E-state index is 0.0296. The van der Waals surface area contributed by atoms with E-state index in [2.05, 4.69) is 15.5 Å². The zero-order chi connectivity index (χ0) is 24.8. The molecule has 1 aromatic carbocycles. The molecule has 3 rings (SSSR count). The molecule has 2 aliphatic heterocycles. The topological polar surface area (TPSA) is 108 Å². The number of rotatable bonds is 10. The number of carbonyl (C=O) groups is 4. The van der Waals surface area contributed by atoms with Gasteiger partial charge in [0, 0.05) is 19.2 Å². The Bertz CT molecular complexity index is 969. The summed E-state index contributed by atoms with van der Waals surface area (Å²) >= 11 is 7.64. The predicted octanol–water partition coefficient (Wildman–Crippen LogP) is 1.60. The van der Waals surface area contributed by atoms with Gasteiger partial charge < -0.3 is 20.3 Å². The normalized spacial score (nSPS) is 20.4. The molecule has 3 amide bonds. The van der Waals surface area contributed by atoms with Crippen LogP contribution in [0.1, 0.15) is 32.4 Å². The molecular weight excluding hydrogens is 480 g/mol. The molecule has 3 atom stereocenters. The third-order valence-corrected chi connectivity index (χ3v) is 7.44. The fourth-order valence-corrected chi connectivity index (χ4v) is 5.38. The Morgan fingerprint density at radius 3 is 2.53 bits per heavy atom. The number of halogens is 1. The molecule has 9 nitrogen and oxygen atoms in total. The molecule has 11 heteroatoms. The van der Waals surface area contributed by atoms with Crippen LogP contribution in [0.5, 0.6) is 0 Å². The van der Waals surface area contributed by atoms with Crippen molar-refractivity contribution >= 4 is 47.1 Å². The summed E-state index contributed by atoms with van der Waals surface area (Å²) in [6.07, 6.45) is 0. The van der Waals surface area contributed by atoms with Crippen LogP contribution in [0.25, 0.3) is 0 Å². The van der Waals surface area contributed by atoms with Crippen molar-refractivity contribution in [2.75, 3.05) is 32.0 Å². The standard InChI is InChI=1S/C23H29ClN4O5S/c1-4-27(5-2)11-12-33-23(32)19-16(24)13-34-22-18(21(31)28(19)22)26-20(30)17(25-14(3)29)15-9-7-6-8-10-15/h6-10,17-18,22H,4-5,11-13H2,1-3H3,(H,25,29)(H,26,30)/t17?,18-,22-/m1/s1. The van der Waals surface area contributed by atoms with Crippen LogP contribution in [0.3, 0.4) is 0 Å². The van der Waals surface area contributed by atoms with Crippen molar-refractivity contribution in [3.05, 3.63) is 46.6 Å². The maximum absolute atomic E-state index is 13.0. The van der Waals surface area contributed by atoms with Gasteiger partial charge in [-0.3, -0.25) is 19.3 Å². The van der Waals surface area contributed by atoms with Gasteiger partial charge >= 0.3 is 5.97 Å². The van der Waals surface area contributed by atoms with E-state index in [0.29, 0.717) is 17.9 Å². The Kier molecular flexibility index (Phi) is 8.98. The first-order valence-corrected chi connectivity index (χ1v) is 12.6. The Labute approximate surface area is 208 Å². The summed E-state index contributed by atoms with van der Waals surface area (Å²) in [5, 5.41) is 5.10. The largest absolute Gasteiger partial charge is 0.460 e. The van der Waals surface area contributed by atoms with E-state index in [4.69, 9.17) is 16.3 Å². The van der Waals surface area contributed by atoms with Gasteiger partial charge in [0.25, 0.3) is 5.91 Å². The van der Waals surface area contributed by atoms with Crippen LogP contribution in [0, 0.1) is 0 Å². The van der Waals surface area contributed by atoms with Crippen LogP contribution in [-0.2, 0) is 23.9 Å². The van der Waals surface area contributed by atoms with E-state index >= 15 is 0 Å². The number of benzene rings is 1. The van der Waals surface area contributed by atoms with E-state index in [1.807, 2.05) is 13.8 Å². The van der Waals surface area contributed by atoms with Crippen LogP contribution in [-0.4, -0.2) is 76.9 Å². The minimum Gasteiger partial charge on any atom is -0.460 e. The number of hydrogen-bond donors (Lipinski definition) is 2. The Morgan fingerprint density at radius 1 is 1.24 bits per heavy atom. The van der Waals surface area contributed by atoms with Gasteiger partial charge in [-0.1, -0.05) is 55.8 Å². The van der Waals surface area contributed by atoms with Crippen LogP contribution >= 0.6 is 23.4 Å². The van der Waals surface area contributed by atoms with Crippen LogP contribution in [0.4, 0.5) is 0 Å². The van der Waals surface area contributed by atoms with E-state index in [1.165, 1.54) is 23.6 Å². The van der Waals surface area contributed by atoms with Gasteiger partial charge in [-0.15, -0.1) is 11.8 Å². The Hall–Kier alpha value is -2.56. The molecule has 1 aromatic rings. The van der Waals surface area contributed by atoms with E-state index in [0.717, 1.165) is 13.1 Å². The molecule has 0 aliphatic carbocycles. The molecule has 2 N–H and O–H groups in total. The van der Waals surface area contributed by atoms with Crippen molar-refractivity contribution in [1.29, 1.82) is 0 Å². The van der Waals surface area contributed by atoms with Crippen molar-refractivity contribution in [1.82, 2.24) is 20.4 Å². The number of amides is 3. The van der Waals surface area contributed by atoms with E-state index < -0.39 is 35.2 Å². The number of hydrogen-bond acceptors (Lipinski definition) is 7. The molecule has 2 heterocycles. The number of esters is 1. The average Bonchev–Trinajstić information content (AvgIpc) is 2.83. The van der Waals surface area contributed by atoms with Crippen LogP contribution < -0.4 is 10.6 Å². The van der Waals surface area contributed by atoms with Gasteiger partial charge in [0.05, 0.1) is 5.03 Å². The summed E-state index contributed by atoms with van der Waals surface area (Å²) < 4.78 is 5.38. The summed E-state index contributed by atoms with van der Waals surface area (Å²) in [4.78, 5) is 53.7. The van der Waals surface area contributed by atoms with Gasteiger partial charge in [0.1, 0.15) is 29.8 Å². The summed E-state index contributed by atoms with van der Waals surface area (Å²) in [6.45, 7) is 7.81. The molecule has 0 spiro atoms. The number of ether oxygens (including phenoxy) is 1. The van der Waals surface area contributed by atoms with E-state index in [-0.39, 0.29) is 23.2 Å². The third kappa shape index (κ3) is 5.73. The number of likely N-dealkylation sites (N-methyl/N-ethyl adjacent to an activating group) is 1. The van der Waals surface area contributed by atoms with Crippen molar-refractivity contribution in [2.24, 2.45) is 0 Å². The van der Waals surface area contributed by atoms with Crippen molar-refractivity contribution in [3.8, 4) is 0 Å². The fourth-order valence-electron chi connectivity index (χ4n) is 3.83. The molecule has 1 unspecified atom stereocenters. The highest BCUT2D eigenvalue weighted by Gasteiger charge is 2.54. The number of nitrogens with zero attached hydrogens (tertiary/aromatic N) is 2. The summed E-state index contributed by atoms with van der Waals surface area (Å²) in [6, 6.07) is 6.97. The number of carbonyl (C=O) groups excluding carboxylic acids is 4. The lowest BCUT2D eigenvalue weighted by Crippen LogP contribution is -2.71. The molecule has 0 saturated carbocycles. The second-order valence-electron chi connectivity index (χ2n) is 7.86. The maximum Gasteiger partial charge on any atom is 0.356 e. The van der Waals surface area contributed by atoms with Gasteiger partial charge in [0.2, 0.25) is 11.8 Å². The lowest BCUT2D eigenvalue weighted by Gasteiger charge is -2.49. The monoisotopic (exact) mass is 508 g/mol. The molecule has 0 bridgehead atoms. The van der Waals surface area contributed by atoms with Crippen LogP contribution in [0.15, 0.2) is 41.1 Å². The minimum atomic E-state index is -0.946. The maximum atomic E-state index is 13.0. The van der Waals surface area contributed by atoms with Crippen LogP contribution in [0.2, 0.25) is 0 Å². The number of fused-ring (bicyclic) bond motifs is 1. The first kappa shape index (κ1) is 26.1. The van der Waals surface area contributed by atoms with Gasteiger partial charge in [-0.05, 0) is 18.7 Å². The van der Waals surface area contributed by atoms with Gasteiger partial charge in [-0.2, -0.15) is 0 Å². The first-order valence-electron chi connectivity index (χ1n) is 11.1. The quantitative estimate of drug-likeness (QED) is 0.365. The molecule has 1 saturated heterocycles. The second kappa shape index (κ2) is 11.7. The first-order chi connectivity index (χ1) is 16.3. The molecule has 2 aliphatic rings. The highest BCUT2D eigenvalue weighted by molar-refractivity contribution is 8.00. The SMILES string of the molecule is CCN(CC)CCOC(=O)C1=C(Cl)CS[C@@H]2[C@H](NC(=O)C(NC(C)=O)c3ccccc3)C(=O)N12. The molecule has 1 fully saturated rings. The lowest BCUT2D eigenvalue weighted by atomic mass is 10.0. The fraction of sp³-hybridized carbons (Fsp3) is 0.478. The molecule has 184 valence electrons. The number of β-lactam (4-membered cyclic amide) rings is 1. The summed E-state index contributed by atoms with van der Waals surface area (Å²) in [5.74, 6) is -1.67. The van der Waals surface area contributed by atoms with Crippen molar-refractivity contribution in [3.63, 3.8) is 0 Å². The number of thioether (sulfide) groups is 1.